The smallest absolute Gasteiger partial charge is 0.200 e. The Morgan fingerprint density at radius 2 is 1.95 bits per heavy atom. The molecule has 1 aromatic carbocycles. The van der Waals surface area contributed by atoms with E-state index < -0.39 is 11.6 Å². The first kappa shape index (κ1) is 13.3. The minimum absolute atomic E-state index is 0.0185. The molecule has 2 atom stereocenters. The summed E-state index contributed by atoms with van der Waals surface area (Å²) in [6, 6.07) is 2.70. The zero-order chi connectivity index (χ0) is 13.6. The molecule has 19 heavy (non-hydrogen) atoms. The van der Waals surface area contributed by atoms with Crippen molar-refractivity contribution in [1.82, 2.24) is 0 Å². The van der Waals surface area contributed by atoms with Crippen LogP contribution in [0, 0.1) is 17.0 Å². The SMILES string of the molecule is NC1CC(Oc2cc(Br)cc(F)c2F)C12CCCC2. The van der Waals surface area contributed by atoms with Crippen molar-refractivity contribution in [3.63, 3.8) is 0 Å². The quantitative estimate of drug-likeness (QED) is 0.837. The van der Waals surface area contributed by atoms with Gasteiger partial charge < -0.3 is 10.5 Å². The van der Waals surface area contributed by atoms with Gasteiger partial charge >= 0.3 is 0 Å². The minimum Gasteiger partial charge on any atom is -0.486 e. The highest BCUT2D eigenvalue weighted by atomic mass is 79.9. The summed E-state index contributed by atoms with van der Waals surface area (Å²) < 4.78 is 33.3. The first-order valence-corrected chi connectivity index (χ1v) is 7.39. The van der Waals surface area contributed by atoms with E-state index in [4.69, 9.17) is 10.5 Å². The number of hydrogen-bond donors (Lipinski definition) is 1. The number of ether oxygens (including phenoxy) is 1. The van der Waals surface area contributed by atoms with Crippen LogP contribution in [0.2, 0.25) is 0 Å². The van der Waals surface area contributed by atoms with Crippen molar-refractivity contribution >= 4 is 15.9 Å². The molecule has 0 saturated heterocycles. The second-order valence-corrected chi connectivity index (χ2v) is 6.50. The summed E-state index contributed by atoms with van der Waals surface area (Å²) in [6.45, 7) is 0. The third-order valence-electron chi connectivity index (χ3n) is 4.61. The van der Waals surface area contributed by atoms with Gasteiger partial charge in [0, 0.05) is 22.4 Å². The topological polar surface area (TPSA) is 35.2 Å². The second-order valence-electron chi connectivity index (χ2n) is 5.59. The summed E-state index contributed by atoms with van der Waals surface area (Å²) in [4.78, 5) is 0. The van der Waals surface area contributed by atoms with Crippen LogP contribution in [0.3, 0.4) is 0 Å². The van der Waals surface area contributed by atoms with Gasteiger partial charge in [-0.1, -0.05) is 28.8 Å². The van der Waals surface area contributed by atoms with Crippen LogP contribution in [0.25, 0.3) is 0 Å². The van der Waals surface area contributed by atoms with E-state index >= 15 is 0 Å². The summed E-state index contributed by atoms with van der Waals surface area (Å²) in [6.07, 6.45) is 4.96. The molecule has 0 heterocycles. The molecule has 0 aliphatic heterocycles. The average Bonchev–Trinajstić information content (AvgIpc) is 2.87. The Labute approximate surface area is 119 Å². The van der Waals surface area contributed by atoms with Crippen LogP contribution in [-0.2, 0) is 0 Å². The lowest BCUT2D eigenvalue weighted by atomic mass is 9.61. The van der Waals surface area contributed by atoms with E-state index in [9.17, 15) is 8.78 Å². The summed E-state index contributed by atoms with van der Waals surface area (Å²) in [5, 5.41) is 0. The fraction of sp³-hybridized carbons (Fsp3) is 0.571. The van der Waals surface area contributed by atoms with Crippen LogP contribution >= 0.6 is 15.9 Å². The molecule has 3 rings (SSSR count). The molecule has 2 unspecified atom stereocenters. The van der Waals surface area contributed by atoms with Gasteiger partial charge in [-0.15, -0.1) is 0 Å². The van der Waals surface area contributed by atoms with Gasteiger partial charge in [0.2, 0.25) is 5.82 Å². The molecule has 2 saturated carbocycles. The number of hydrogen-bond acceptors (Lipinski definition) is 2. The van der Waals surface area contributed by atoms with Crippen molar-refractivity contribution in [1.29, 1.82) is 0 Å². The van der Waals surface area contributed by atoms with Gasteiger partial charge in [0.1, 0.15) is 6.10 Å². The van der Waals surface area contributed by atoms with Crippen LogP contribution in [0.1, 0.15) is 32.1 Å². The maximum absolute atomic E-state index is 13.7. The van der Waals surface area contributed by atoms with E-state index in [0.29, 0.717) is 10.9 Å². The molecule has 5 heteroatoms. The average molecular weight is 332 g/mol. The summed E-state index contributed by atoms with van der Waals surface area (Å²) >= 11 is 3.15. The molecule has 2 nitrogen and oxygen atoms in total. The van der Waals surface area contributed by atoms with E-state index in [0.717, 1.165) is 31.7 Å². The maximum Gasteiger partial charge on any atom is 0.200 e. The van der Waals surface area contributed by atoms with E-state index in [2.05, 4.69) is 15.9 Å². The standard InChI is InChI=1S/C14H16BrF2NO/c15-8-5-9(16)13(17)10(6-8)19-12-7-11(18)14(12)3-1-2-4-14/h5-6,11-12H,1-4,7,18H2. The van der Waals surface area contributed by atoms with Gasteiger partial charge in [0.15, 0.2) is 11.6 Å². The Morgan fingerprint density at radius 3 is 2.58 bits per heavy atom. The lowest BCUT2D eigenvalue weighted by Crippen LogP contribution is -2.62. The molecule has 0 radical (unpaired) electrons. The highest BCUT2D eigenvalue weighted by Gasteiger charge is 2.56. The van der Waals surface area contributed by atoms with Crippen LogP contribution in [0.4, 0.5) is 8.78 Å². The van der Waals surface area contributed by atoms with E-state index in [1.807, 2.05) is 0 Å². The third-order valence-corrected chi connectivity index (χ3v) is 5.07. The largest absolute Gasteiger partial charge is 0.486 e. The highest BCUT2D eigenvalue weighted by molar-refractivity contribution is 9.10. The first-order chi connectivity index (χ1) is 9.03. The predicted molar refractivity (Wildman–Crippen MR) is 72.0 cm³/mol. The van der Waals surface area contributed by atoms with E-state index in [1.54, 1.807) is 0 Å². The third kappa shape index (κ3) is 2.07. The molecular formula is C14H16BrF2NO. The van der Waals surface area contributed by atoms with E-state index in [-0.39, 0.29) is 23.3 Å². The van der Waals surface area contributed by atoms with Gasteiger partial charge in [0.25, 0.3) is 0 Å². The van der Waals surface area contributed by atoms with Gasteiger partial charge in [-0.25, -0.2) is 4.39 Å². The van der Waals surface area contributed by atoms with Crippen molar-refractivity contribution in [3.05, 3.63) is 28.2 Å². The molecule has 2 N–H and O–H groups in total. The molecule has 0 aromatic heterocycles. The highest BCUT2D eigenvalue weighted by Crippen LogP contribution is 2.54. The van der Waals surface area contributed by atoms with Gasteiger partial charge in [0.05, 0.1) is 0 Å². The molecule has 1 spiro atoms. The van der Waals surface area contributed by atoms with Gasteiger partial charge in [-0.3, -0.25) is 0 Å². The molecule has 0 bridgehead atoms. The molecule has 104 valence electrons. The minimum atomic E-state index is -0.920. The lowest BCUT2D eigenvalue weighted by Gasteiger charge is -2.52. The van der Waals surface area contributed by atoms with Crippen LogP contribution in [-0.4, -0.2) is 12.1 Å². The van der Waals surface area contributed by atoms with Gasteiger partial charge in [-0.2, -0.15) is 4.39 Å². The maximum atomic E-state index is 13.7. The van der Waals surface area contributed by atoms with Crippen molar-refractivity contribution < 1.29 is 13.5 Å². The summed E-state index contributed by atoms with van der Waals surface area (Å²) in [5.74, 6) is -1.83. The summed E-state index contributed by atoms with van der Waals surface area (Å²) in [5.41, 5.74) is 6.08. The van der Waals surface area contributed by atoms with Crippen LogP contribution < -0.4 is 10.5 Å². The normalized spacial score (nSPS) is 28.4. The first-order valence-electron chi connectivity index (χ1n) is 6.60. The predicted octanol–water partition coefficient (Wildman–Crippen LogP) is 3.77. The Hall–Kier alpha value is -0.680. The van der Waals surface area contributed by atoms with Crippen LogP contribution in [0.15, 0.2) is 16.6 Å². The lowest BCUT2D eigenvalue weighted by molar-refractivity contribution is -0.0639. The Kier molecular flexibility index (Phi) is 3.29. The van der Waals surface area contributed by atoms with Gasteiger partial charge in [-0.05, 0) is 25.0 Å². The van der Waals surface area contributed by atoms with E-state index in [1.165, 1.54) is 6.07 Å². The molecule has 2 aliphatic carbocycles. The van der Waals surface area contributed by atoms with Crippen molar-refractivity contribution in [2.45, 2.75) is 44.2 Å². The van der Waals surface area contributed by atoms with Crippen molar-refractivity contribution in [2.24, 2.45) is 11.1 Å². The van der Waals surface area contributed by atoms with Crippen LogP contribution in [0.5, 0.6) is 5.75 Å². The van der Waals surface area contributed by atoms with Crippen molar-refractivity contribution in [2.75, 3.05) is 0 Å². The fourth-order valence-electron chi connectivity index (χ4n) is 3.44. The summed E-state index contributed by atoms with van der Waals surface area (Å²) in [7, 11) is 0. The number of rotatable bonds is 2. The Morgan fingerprint density at radius 1 is 1.26 bits per heavy atom. The molecule has 2 fully saturated rings. The molecule has 2 aliphatic rings. The number of halogens is 3. The molecule has 1 aromatic rings. The fourth-order valence-corrected chi connectivity index (χ4v) is 3.85. The molecular weight excluding hydrogens is 316 g/mol. The number of benzene rings is 1. The monoisotopic (exact) mass is 331 g/mol. The number of nitrogens with two attached hydrogens (primary N) is 1. The Balaban J connectivity index is 1.83. The van der Waals surface area contributed by atoms with Crippen molar-refractivity contribution in [3.8, 4) is 5.75 Å². The molecule has 0 amide bonds. The zero-order valence-electron chi connectivity index (χ0n) is 10.5. The zero-order valence-corrected chi connectivity index (χ0v) is 12.1. The Bertz CT molecular complexity index is 502. The second kappa shape index (κ2) is 4.70.